The number of Topliss-reactive ketones (excluding diaryl/α,β-unsaturated/α-hetero) is 1. The van der Waals surface area contributed by atoms with E-state index < -0.39 is 126 Å². The number of aromatic amines is 1. The number of phenolic OH excluding ortho intramolecular Hbond substituents is 1. The van der Waals surface area contributed by atoms with Crippen LogP contribution in [0.25, 0.3) is 0 Å². The van der Waals surface area contributed by atoms with Crippen molar-refractivity contribution in [2.24, 2.45) is 57.3 Å². The van der Waals surface area contributed by atoms with E-state index in [1.54, 1.807) is 65.6 Å². The van der Waals surface area contributed by atoms with Crippen LogP contribution in [0, 0.1) is 23.7 Å². The van der Waals surface area contributed by atoms with Crippen molar-refractivity contribution >= 4 is 88.1 Å². The van der Waals surface area contributed by atoms with Crippen molar-refractivity contribution in [2.75, 3.05) is 63.1 Å². The van der Waals surface area contributed by atoms with E-state index in [1.807, 2.05) is 24.8 Å². The summed E-state index contributed by atoms with van der Waals surface area (Å²) in [7, 11) is 1.62. The largest absolute Gasteiger partial charge is 0.508 e. The van der Waals surface area contributed by atoms with Crippen molar-refractivity contribution in [3.8, 4) is 5.75 Å². The Morgan fingerprint density at radius 3 is 1.71 bits per heavy atom. The van der Waals surface area contributed by atoms with Crippen LogP contribution in [0.2, 0.25) is 0 Å². The Morgan fingerprint density at radius 2 is 1.18 bits per heavy atom. The highest BCUT2D eigenvalue weighted by Crippen LogP contribution is 2.25. The SMILES string of the molecule is CC[C@H](C)[C@H](N)C(=O)N[C@@H](CCCCN)C(=O)N1CCN(c2ccc(NC)c(C(=O)NCC(=O)N[C@@H](CCCN=C(N)N)C(=O)N[C@@H](Cc3cnc[nH]3)C(=O)N[C@@H](Cc3ccc(O)cc3)C(=O)N[C@@H](CC(C)C)C(=O)N[C@@H](CC(N)=O)C(=O)N[C@@H](CC(C)C)C(=O)N[C@H](C(C)=O)C(C)C)c2)CC1. The van der Waals surface area contributed by atoms with Gasteiger partial charge in [0.2, 0.25) is 59.1 Å². The highest BCUT2D eigenvalue weighted by atomic mass is 16.3. The summed E-state index contributed by atoms with van der Waals surface area (Å²) in [6.45, 7) is 17.0. The number of H-pyrrole nitrogens is 1. The zero-order valence-electron chi connectivity index (χ0n) is 60.5. The Hall–Kier alpha value is -9.92. The molecule has 1 aliphatic rings. The van der Waals surface area contributed by atoms with Gasteiger partial charge in [0, 0.05) is 75.9 Å². The molecule has 1 fully saturated rings. The van der Waals surface area contributed by atoms with Gasteiger partial charge in [-0.2, -0.15) is 0 Å². The second kappa shape index (κ2) is 42.4. The van der Waals surface area contributed by atoms with Gasteiger partial charge in [-0.3, -0.25) is 62.5 Å². The van der Waals surface area contributed by atoms with Crippen molar-refractivity contribution in [2.45, 2.75) is 187 Å². The van der Waals surface area contributed by atoms with Crippen molar-refractivity contribution in [3.05, 3.63) is 71.8 Å². The van der Waals surface area contributed by atoms with E-state index in [4.69, 9.17) is 28.7 Å². The molecule has 0 radical (unpaired) electrons. The van der Waals surface area contributed by atoms with Crippen LogP contribution < -0.4 is 86.7 Å². The van der Waals surface area contributed by atoms with Gasteiger partial charge in [-0.1, -0.05) is 73.9 Å². The van der Waals surface area contributed by atoms with Gasteiger partial charge in [-0.05, 0) is 118 Å². The summed E-state index contributed by atoms with van der Waals surface area (Å²) in [5, 5.41) is 37.3. The van der Waals surface area contributed by atoms with E-state index in [1.165, 1.54) is 43.7 Å². The number of aromatic nitrogens is 2. The molecule has 33 heteroatoms. The van der Waals surface area contributed by atoms with Gasteiger partial charge in [0.25, 0.3) is 5.91 Å². The van der Waals surface area contributed by atoms with Gasteiger partial charge < -0.3 is 102 Å². The molecule has 0 bridgehead atoms. The van der Waals surface area contributed by atoms with E-state index >= 15 is 0 Å². The molecular formula is C69H110N20O13. The van der Waals surface area contributed by atoms with Crippen molar-refractivity contribution in [3.63, 3.8) is 0 Å². The highest BCUT2D eigenvalue weighted by Gasteiger charge is 2.37. The van der Waals surface area contributed by atoms with Crippen LogP contribution in [0.15, 0.2) is 60.0 Å². The predicted octanol–water partition coefficient (Wildman–Crippen LogP) is -1.33. The van der Waals surface area contributed by atoms with Crippen LogP contribution in [-0.2, 0) is 65.6 Å². The van der Waals surface area contributed by atoms with E-state index in [0.29, 0.717) is 81.0 Å². The number of phenols is 1. The first kappa shape index (κ1) is 84.5. The second-order valence-corrected chi connectivity index (χ2v) is 27.0. The highest BCUT2D eigenvalue weighted by molar-refractivity contribution is 6.03. The molecule has 564 valence electrons. The average Bonchev–Trinajstić information content (AvgIpc) is 0.897. The fourth-order valence-electron chi connectivity index (χ4n) is 11.4. The summed E-state index contributed by atoms with van der Waals surface area (Å²) >= 11 is 0. The quantitative estimate of drug-likeness (QED) is 0.0177. The Morgan fingerprint density at radius 1 is 0.637 bits per heavy atom. The van der Waals surface area contributed by atoms with Crippen molar-refractivity contribution < 1.29 is 62.6 Å². The minimum atomic E-state index is -1.66. The summed E-state index contributed by atoms with van der Waals surface area (Å²) in [5.74, 6) is -9.84. The number of unbranched alkanes of at least 4 members (excludes halogenated alkanes) is 1. The van der Waals surface area contributed by atoms with Crippen LogP contribution in [0.1, 0.15) is 142 Å². The molecule has 4 rings (SSSR count). The lowest BCUT2D eigenvalue weighted by atomic mass is 9.98. The number of guanidine groups is 1. The number of aromatic hydroxyl groups is 1. The lowest BCUT2D eigenvalue weighted by Crippen LogP contribution is -2.61. The van der Waals surface area contributed by atoms with Crippen LogP contribution in [0.5, 0.6) is 5.75 Å². The standard InChI is InChI=1S/C69H110N20O13/c1-11-41(8)58(72)67(101)81-50(15-12-13-23-70)68(102)89-27-25-88(26-28-89)45-19-22-48(75-10)47(33-45)60(94)78-36-57(93)80-49(16-14-24-77-69(73)74)61(95)85-54(32-44-35-76-37-79-44)64(98)84-53(31-43-17-20-46(91)21-18-43)63(97)82-51(29-38(2)3)62(96)86-55(34-56(71)92)65(99)83-52(30-39(4)5)66(100)87-59(40(6)7)42(9)90/h17-22,33,35,37-41,49-55,58-59,75,91H,11-16,23-32,34,36,70,72H2,1-10H3,(H2,71,92)(H,76,79)(H,78,94)(H,80,93)(H,81,101)(H,82,97)(H,83,99)(H,84,98)(H,85,95)(H,86,96)(H,87,100)(H4,73,74,77)/t41-,49-,50-,51-,52-,53-,54-,55-,58-,59-/m0/s1. The number of carbonyl (C=O) groups is 12. The number of rotatable bonds is 43. The van der Waals surface area contributed by atoms with Crippen LogP contribution in [0.4, 0.5) is 11.4 Å². The molecular weight excluding hydrogens is 1320 g/mol. The minimum absolute atomic E-state index is 0.0232. The molecule has 10 atom stereocenters. The normalized spacial score (nSPS) is 15.1. The van der Waals surface area contributed by atoms with Crippen LogP contribution in [-0.4, -0.2) is 204 Å². The molecule has 3 aromatic rings. The van der Waals surface area contributed by atoms with Gasteiger partial charge in [0.05, 0.1) is 36.9 Å². The Bertz CT molecular complexity index is 3320. The van der Waals surface area contributed by atoms with E-state index in [0.717, 1.165) is 0 Å². The average molecular weight is 1430 g/mol. The summed E-state index contributed by atoms with van der Waals surface area (Å²) in [5.41, 5.74) is 30.8. The van der Waals surface area contributed by atoms with Gasteiger partial charge in [-0.15, -0.1) is 0 Å². The van der Waals surface area contributed by atoms with E-state index in [9.17, 15) is 62.6 Å². The second-order valence-electron chi connectivity index (χ2n) is 27.0. The number of amides is 11. The number of benzene rings is 2. The molecule has 0 spiro atoms. The number of hydrogen-bond acceptors (Lipinski definition) is 19. The smallest absolute Gasteiger partial charge is 0.253 e. The van der Waals surface area contributed by atoms with Crippen LogP contribution >= 0.6 is 0 Å². The number of ketones is 1. The molecule has 22 N–H and O–H groups in total. The zero-order chi connectivity index (χ0) is 75.9. The molecule has 1 saturated heterocycles. The first-order valence-corrected chi connectivity index (χ1v) is 34.9. The first-order valence-electron chi connectivity index (χ1n) is 34.9. The third kappa shape index (κ3) is 28.2. The number of carbonyl (C=O) groups excluding carboxylic acids is 12. The van der Waals surface area contributed by atoms with Gasteiger partial charge in [0.1, 0.15) is 48.0 Å². The number of nitrogens with one attached hydrogen (secondary N) is 11. The fourth-order valence-corrected chi connectivity index (χ4v) is 11.4. The third-order valence-electron chi connectivity index (χ3n) is 17.3. The number of piperazine rings is 1. The lowest BCUT2D eigenvalue weighted by molar-refractivity contribution is -0.137. The number of nitrogens with two attached hydrogens (primary N) is 5. The summed E-state index contributed by atoms with van der Waals surface area (Å²) < 4.78 is 0. The van der Waals surface area contributed by atoms with E-state index in [-0.39, 0.29) is 97.7 Å². The molecule has 102 heavy (non-hydrogen) atoms. The molecule has 0 unspecified atom stereocenters. The Kier molecular flexibility index (Phi) is 35.1. The van der Waals surface area contributed by atoms with Crippen molar-refractivity contribution in [1.82, 2.24) is 62.7 Å². The number of anilines is 2. The monoisotopic (exact) mass is 1430 g/mol. The maximum Gasteiger partial charge on any atom is 0.253 e. The van der Waals surface area contributed by atoms with Gasteiger partial charge in [-0.25, -0.2) is 4.98 Å². The molecule has 2 aromatic carbocycles. The number of aliphatic imine (C=N–C) groups is 1. The lowest BCUT2D eigenvalue weighted by Gasteiger charge is -2.38. The predicted molar refractivity (Wildman–Crippen MR) is 385 cm³/mol. The molecule has 1 aromatic heterocycles. The number of nitrogens with zero attached hydrogens (tertiary/aromatic N) is 4. The van der Waals surface area contributed by atoms with Crippen LogP contribution in [0.3, 0.4) is 0 Å². The third-order valence-corrected chi connectivity index (χ3v) is 17.3. The first-order chi connectivity index (χ1) is 48.2. The molecule has 0 saturated carbocycles. The maximum atomic E-state index is 14.8. The summed E-state index contributed by atoms with van der Waals surface area (Å²) in [4.78, 5) is 181. The van der Waals surface area contributed by atoms with Gasteiger partial charge in [0.15, 0.2) is 11.7 Å². The number of primary amides is 1. The number of hydrogen-bond donors (Lipinski definition) is 17. The Balaban J connectivity index is 1.58. The number of imidazole rings is 1. The Labute approximate surface area is 596 Å². The molecule has 33 nitrogen and oxygen atoms in total. The fraction of sp³-hybridized carbons (Fsp3) is 0.594. The zero-order valence-corrected chi connectivity index (χ0v) is 60.5. The maximum absolute atomic E-state index is 14.8. The minimum Gasteiger partial charge on any atom is -0.508 e. The molecule has 11 amide bonds. The summed E-state index contributed by atoms with van der Waals surface area (Å²) in [6.07, 6.45) is 3.99. The van der Waals surface area contributed by atoms with Crippen molar-refractivity contribution in [1.29, 1.82) is 0 Å². The van der Waals surface area contributed by atoms with E-state index in [2.05, 4.69) is 68.1 Å². The summed E-state index contributed by atoms with van der Waals surface area (Å²) in [6, 6.07) is -0.308. The topological polar surface area (TPSA) is 523 Å². The molecule has 1 aliphatic heterocycles. The van der Waals surface area contributed by atoms with Gasteiger partial charge >= 0.3 is 0 Å². The molecule has 2 heterocycles. The molecule has 0 aliphatic carbocycles.